The molecule has 1 unspecified atom stereocenters. The van der Waals surface area contributed by atoms with Crippen molar-refractivity contribution in [3.63, 3.8) is 0 Å². The van der Waals surface area contributed by atoms with Crippen LogP contribution in [0.3, 0.4) is 0 Å². The van der Waals surface area contributed by atoms with Crippen molar-refractivity contribution >= 4 is 11.7 Å². The summed E-state index contributed by atoms with van der Waals surface area (Å²) in [6, 6.07) is 8.25. The van der Waals surface area contributed by atoms with Crippen molar-refractivity contribution in [1.82, 2.24) is 10.2 Å². The van der Waals surface area contributed by atoms with Gasteiger partial charge in [0.05, 0.1) is 12.6 Å². The summed E-state index contributed by atoms with van der Waals surface area (Å²) >= 11 is 0. The van der Waals surface area contributed by atoms with Crippen LogP contribution >= 0.6 is 0 Å². The lowest BCUT2D eigenvalue weighted by atomic mass is 10.1. The first-order chi connectivity index (χ1) is 9.74. The molecular weight excluding hydrogens is 254 g/mol. The molecule has 0 radical (unpaired) electrons. The van der Waals surface area contributed by atoms with Crippen LogP contribution in [-0.2, 0) is 11.3 Å². The van der Waals surface area contributed by atoms with E-state index < -0.39 is 0 Å². The van der Waals surface area contributed by atoms with Crippen LogP contribution in [0.5, 0.6) is 0 Å². The van der Waals surface area contributed by atoms with Gasteiger partial charge in [0.2, 0.25) is 0 Å². The molecule has 0 spiro atoms. The largest absolute Gasteiger partial charge is 0.398 e. The number of nitrogen functional groups attached to an aromatic ring is 1. The molecule has 3 rings (SSSR count). The number of amides is 2. The molecule has 108 valence electrons. The number of hydrogen-bond acceptors (Lipinski definition) is 3. The average molecular weight is 275 g/mol. The zero-order valence-electron chi connectivity index (χ0n) is 11.5. The molecule has 5 nitrogen and oxygen atoms in total. The van der Waals surface area contributed by atoms with Crippen molar-refractivity contribution in [1.29, 1.82) is 0 Å². The Morgan fingerprint density at radius 1 is 1.35 bits per heavy atom. The van der Waals surface area contributed by atoms with Crippen LogP contribution in [0.1, 0.15) is 24.8 Å². The molecule has 3 N–H and O–H groups in total. The van der Waals surface area contributed by atoms with Crippen molar-refractivity contribution in [3.05, 3.63) is 29.8 Å². The van der Waals surface area contributed by atoms with Gasteiger partial charge in [0.25, 0.3) is 0 Å². The van der Waals surface area contributed by atoms with Gasteiger partial charge >= 0.3 is 6.03 Å². The fourth-order valence-corrected chi connectivity index (χ4v) is 2.52. The topological polar surface area (TPSA) is 67.6 Å². The molecule has 1 heterocycles. The number of hydrogen-bond donors (Lipinski definition) is 2. The molecule has 1 aromatic carbocycles. The van der Waals surface area contributed by atoms with Gasteiger partial charge in [-0.25, -0.2) is 4.79 Å². The first-order valence-electron chi connectivity index (χ1n) is 7.22. The summed E-state index contributed by atoms with van der Waals surface area (Å²) in [5.41, 5.74) is 7.73. The summed E-state index contributed by atoms with van der Waals surface area (Å²) < 4.78 is 5.30. The van der Waals surface area contributed by atoms with Crippen molar-refractivity contribution < 1.29 is 9.53 Å². The Labute approximate surface area is 119 Å². The van der Waals surface area contributed by atoms with Gasteiger partial charge < -0.3 is 20.7 Å². The van der Waals surface area contributed by atoms with E-state index in [2.05, 4.69) is 5.32 Å². The Morgan fingerprint density at radius 2 is 2.15 bits per heavy atom. The van der Waals surface area contributed by atoms with Gasteiger partial charge in [-0.1, -0.05) is 18.2 Å². The van der Waals surface area contributed by atoms with E-state index in [1.165, 1.54) is 0 Å². The third kappa shape index (κ3) is 3.04. The highest BCUT2D eigenvalue weighted by Crippen LogP contribution is 2.29. The summed E-state index contributed by atoms with van der Waals surface area (Å²) in [7, 11) is 0. The fraction of sp³-hybridized carbons (Fsp3) is 0.533. The zero-order valence-corrected chi connectivity index (χ0v) is 11.5. The average Bonchev–Trinajstić information content (AvgIpc) is 3.15. The van der Waals surface area contributed by atoms with Gasteiger partial charge in [-0.3, -0.25) is 0 Å². The van der Waals surface area contributed by atoms with Crippen molar-refractivity contribution in [2.45, 2.75) is 37.9 Å². The van der Waals surface area contributed by atoms with Crippen molar-refractivity contribution in [2.24, 2.45) is 0 Å². The lowest BCUT2D eigenvalue weighted by Gasteiger charge is -2.25. The van der Waals surface area contributed by atoms with E-state index in [1.54, 1.807) is 0 Å². The molecule has 1 aliphatic heterocycles. The predicted octanol–water partition coefficient (Wildman–Crippen LogP) is 1.73. The zero-order chi connectivity index (χ0) is 13.9. The Morgan fingerprint density at radius 3 is 2.80 bits per heavy atom. The minimum Gasteiger partial charge on any atom is -0.398 e. The molecular formula is C15H21N3O2. The van der Waals surface area contributed by atoms with E-state index in [0.717, 1.165) is 37.1 Å². The van der Waals surface area contributed by atoms with Crippen LogP contribution in [0, 0.1) is 0 Å². The second-order valence-electron chi connectivity index (χ2n) is 5.57. The Bertz CT molecular complexity index is 482. The van der Waals surface area contributed by atoms with Crippen molar-refractivity contribution in [3.8, 4) is 0 Å². The number of benzene rings is 1. The first kappa shape index (κ1) is 13.2. The molecule has 1 aromatic rings. The Balaban J connectivity index is 1.66. The summed E-state index contributed by atoms with van der Waals surface area (Å²) in [5.74, 6) is 0. The van der Waals surface area contributed by atoms with E-state index >= 15 is 0 Å². The second kappa shape index (κ2) is 5.71. The normalized spacial score (nSPS) is 21.7. The van der Waals surface area contributed by atoms with Crippen LogP contribution in [0.15, 0.2) is 24.3 Å². The van der Waals surface area contributed by atoms with Crippen LogP contribution < -0.4 is 11.1 Å². The standard InChI is InChI=1S/C15H21N3O2/c16-14-4-2-1-3-11(14)9-18(13-5-6-13)15(19)17-12-7-8-20-10-12/h1-4,12-13H,5-10,16H2,(H,17,19). The van der Waals surface area contributed by atoms with Gasteiger partial charge in [0, 0.05) is 24.9 Å². The second-order valence-corrected chi connectivity index (χ2v) is 5.57. The first-order valence-corrected chi connectivity index (χ1v) is 7.22. The maximum Gasteiger partial charge on any atom is 0.318 e. The van der Waals surface area contributed by atoms with Gasteiger partial charge in [-0.05, 0) is 30.9 Å². The monoisotopic (exact) mass is 275 g/mol. The quantitative estimate of drug-likeness (QED) is 0.822. The maximum atomic E-state index is 12.4. The van der Waals surface area contributed by atoms with E-state index in [0.29, 0.717) is 19.2 Å². The highest BCUT2D eigenvalue weighted by Gasteiger charge is 2.34. The molecule has 2 amide bonds. The summed E-state index contributed by atoms with van der Waals surface area (Å²) in [6.45, 7) is 1.94. The third-order valence-electron chi connectivity index (χ3n) is 3.90. The molecule has 0 bridgehead atoms. The molecule has 0 aromatic heterocycles. The van der Waals surface area contributed by atoms with E-state index in [1.807, 2.05) is 29.2 Å². The van der Waals surface area contributed by atoms with E-state index in [9.17, 15) is 4.79 Å². The van der Waals surface area contributed by atoms with Gasteiger partial charge in [-0.15, -0.1) is 0 Å². The number of nitrogens with zero attached hydrogens (tertiary/aromatic N) is 1. The van der Waals surface area contributed by atoms with Crippen LogP contribution in [0.2, 0.25) is 0 Å². The Kier molecular flexibility index (Phi) is 3.78. The number of ether oxygens (including phenoxy) is 1. The lowest BCUT2D eigenvalue weighted by molar-refractivity contribution is 0.175. The van der Waals surface area contributed by atoms with Gasteiger partial charge in [0.15, 0.2) is 0 Å². The van der Waals surface area contributed by atoms with Gasteiger partial charge in [0.1, 0.15) is 0 Å². The summed E-state index contributed by atoms with van der Waals surface area (Å²) in [4.78, 5) is 14.3. The molecule has 1 saturated carbocycles. The minimum atomic E-state index is 0.00579. The SMILES string of the molecule is Nc1ccccc1CN(C(=O)NC1CCOC1)C1CC1. The molecule has 1 aliphatic carbocycles. The Hall–Kier alpha value is -1.75. The summed E-state index contributed by atoms with van der Waals surface area (Å²) in [6.07, 6.45) is 3.07. The highest BCUT2D eigenvalue weighted by atomic mass is 16.5. The molecule has 2 fully saturated rings. The number of para-hydroxylation sites is 1. The number of anilines is 1. The third-order valence-corrected chi connectivity index (χ3v) is 3.90. The molecule has 5 heteroatoms. The number of rotatable bonds is 4. The van der Waals surface area contributed by atoms with Crippen molar-refractivity contribution in [2.75, 3.05) is 18.9 Å². The molecule has 1 saturated heterocycles. The predicted molar refractivity (Wildman–Crippen MR) is 77.2 cm³/mol. The van der Waals surface area contributed by atoms with Crippen LogP contribution in [0.4, 0.5) is 10.5 Å². The van der Waals surface area contributed by atoms with Gasteiger partial charge in [-0.2, -0.15) is 0 Å². The molecule has 2 aliphatic rings. The number of nitrogens with two attached hydrogens (primary N) is 1. The number of carbonyl (C=O) groups excluding carboxylic acids is 1. The highest BCUT2D eigenvalue weighted by molar-refractivity contribution is 5.75. The lowest BCUT2D eigenvalue weighted by Crippen LogP contribution is -2.45. The molecule has 1 atom stereocenters. The minimum absolute atomic E-state index is 0.00579. The number of carbonyl (C=O) groups is 1. The fourth-order valence-electron chi connectivity index (χ4n) is 2.52. The smallest absolute Gasteiger partial charge is 0.318 e. The summed E-state index contributed by atoms with van der Waals surface area (Å²) in [5, 5.41) is 3.06. The number of nitrogens with one attached hydrogen (secondary N) is 1. The molecule has 20 heavy (non-hydrogen) atoms. The van der Waals surface area contributed by atoms with Crippen LogP contribution in [-0.4, -0.2) is 36.2 Å². The number of urea groups is 1. The van der Waals surface area contributed by atoms with E-state index in [4.69, 9.17) is 10.5 Å². The van der Waals surface area contributed by atoms with E-state index in [-0.39, 0.29) is 12.1 Å². The van der Waals surface area contributed by atoms with Crippen LogP contribution in [0.25, 0.3) is 0 Å². The maximum absolute atomic E-state index is 12.4.